The molecule has 3 aromatic carbocycles. The third-order valence-corrected chi connectivity index (χ3v) is 6.61. The van der Waals surface area contributed by atoms with E-state index in [4.69, 9.17) is 15.2 Å². The highest BCUT2D eigenvalue weighted by Gasteiger charge is 2.37. The van der Waals surface area contributed by atoms with Gasteiger partial charge in [-0.2, -0.15) is 0 Å². The number of benzene rings is 3. The van der Waals surface area contributed by atoms with Crippen molar-refractivity contribution >= 4 is 23.8 Å². The number of para-hydroxylation sites is 1. The van der Waals surface area contributed by atoms with E-state index in [1.165, 1.54) is 0 Å². The van der Waals surface area contributed by atoms with E-state index >= 15 is 0 Å². The van der Waals surface area contributed by atoms with Crippen LogP contribution in [0, 0.1) is 0 Å². The van der Waals surface area contributed by atoms with Gasteiger partial charge in [-0.05, 0) is 56.9 Å². The van der Waals surface area contributed by atoms with Crippen molar-refractivity contribution < 1.29 is 28.7 Å². The molecular formula is C34H42N4O6. The smallest absolute Gasteiger partial charge is 0.408 e. The van der Waals surface area contributed by atoms with Crippen LogP contribution < -0.4 is 26.4 Å². The van der Waals surface area contributed by atoms with Gasteiger partial charge in [0.05, 0.1) is 0 Å². The van der Waals surface area contributed by atoms with Crippen LogP contribution >= 0.6 is 0 Å². The van der Waals surface area contributed by atoms with Crippen LogP contribution in [0.4, 0.5) is 4.79 Å². The van der Waals surface area contributed by atoms with E-state index in [0.717, 1.165) is 16.7 Å². The Kier molecular flexibility index (Phi) is 11.9. The van der Waals surface area contributed by atoms with E-state index in [9.17, 15) is 19.2 Å². The molecule has 234 valence electrons. The van der Waals surface area contributed by atoms with E-state index in [2.05, 4.69) is 16.0 Å². The molecule has 3 rings (SSSR count). The quantitative estimate of drug-likeness (QED) is 0.222. The average Bonchev–Trinajstić information content (AvgIpc) is 2.96. The maximum atomic E-state index is 13.8. The van der Waals surface area contributed by atoms with Gasteiger partial charge in [0, 0.05) is 19.4 Å². The molecule has 0 spiro atoms. The Hall–Kier alpha value is -4.86. The first-order valence-corrected chi connectivity index (χ1v) is 14.5. The summed E-state index contributed by atoms with van der Waals surface area (Å²) in [6, 6.07) is 24.8. The Bertz CT molecular complexity index is 1410. The topological polar surface area (TPSA) is 149 Å². The van der Waals surface area contributed by atoms with Gasteiger partial charge in [-0.3, -0.25) is 14.4 Å². The summed E-state index contributed by atoms with van der Waals surface area (Å²) in [5.41, 5.74) is 5.54. The fourth-order valence-electron chi connectivity index (χ4n) is 4.56. The van der Waals surface area contributed by atoms with Crippen molar-refractivity contribution in [2.45, 2.75) is 64.1 Å². The molecule has 4 amide bonds. The molecule has 10 nitrogen and oxygen atoms in total. The number of nitrogens with one attached hydrogen (secondary N) is 3. The molecule has 0 bridgehead atoms. The molecular weight excluding hydrogens is 560 g/mol. The number of alkyl carbamates (subject to hydrolysis) is 1. The second-order valence-electron chi connectivity index (χ2n) is 11.7. The number of rotatable bonds is 14. The molecule has 0 fully saturated rings. The summed E-state index contributed by atoms with van der Waals surface area (Å²) >= 11 is 0. The van der Waals surface area contributed by atoms with Crippen LogP contribution in [0.25, 0.3) is 0 Å². The molecule has 0 saturated heterocycles. The van der Waals surface area contributed by atoms with Crippen molar-refractivity contribution in [1.82, 2.24) is 16.0 Å². The SMILES string of the molecule is CC(C)(C)OC(=O)N[C@@H](Cc1ccccc1)C(=O)N[C@](C)(Cc1ccccc1)C(=O)NCCc1ccccc1OCC(N)=O. The number of amides is 4. The second kappa shape index (κ2) is 15.6. The van der Waals surface area contributed by atoms with Gasteiger partial charge in [0.2, 0.25) is 11.8 Å². The van der Waals surface area contributed by atoms with Gasteiger partial charge in [0.15, 0.2) is 6.61 Å². The highest BCUT2D eigenvalue weighted by Crippen LogP contribution is 2.19. The first-order chi connectivity index (χ1) is 20.8. The van der Waals surface area contributed by atoms with Gasteiger partial charge in [0.1, 0.15) is 22.9 Å². The minimum Gasteiger partial charge on any atom is -0.484 e. The highest BCUT2D eigenvalue weighted by molar-refractivity contribution is 5.94. The number of hydrogen-bond donors (Lipinski definition) is 4. The Morgan fingerprint density at radius 3 is 2.02 bits per heavy atom. The Morgan fingerprint density at radius 2 is 1.41 bits per heavy atom. The zero-order valence-corrected chi connectivity index (χ0v) is 25.7. The fraction of sp³-hybridized carbons (Fsp3) is 0.353. The molecule has 0 radical (unpaired) electrons. The van der Waals surface area contributed by atoms with Crippen LogP contribution in [-0.2, 0) is 38.4 Å². The number of nitrogens with two attached hydrogens (primary N) is 1. The Morgan fingerprint density at radius 1 is 0.818 bits per heavy atom. The molecule has 0 heterocycles. The van der Waals surface area contributed by atoms with Crippen molar-refractivity contribution in [3.8, 4) is 5.75 Å². The van der Waals surface area contributed by atoms with Gasteiger partial charge in [0.25, 0.3) is 5.91 Å². The van der Waals surface area contributed by atoms with E-state index in [1.54, 1.807) is 39.8 Å². The second-order valence-corrected chi connectivity index (χ2v) is 11.7. The highest BCUT2D eigenvalue weighted by atomic mass is 16.6. The molecule has 0 unspecified atom stereocenters. The maximum absolute atomic E-state index is 13.8. The maximum Gasteiger partial charge on any atom is 0.408 e. The third-order valence-electron chi connectivity index (χ3n) is 6.61. The molecule has 5 N–H and O–H groups in total. The van der Waals surface area contributed by atoms with Gasteiger partial charge < -0.3 is 31.2 Å². The summed E-state index contributed by atoms with van der Waals surface area (Å²) in [6.07, 6.45) is 0.0676. The lowest BCUT2D eigenvalue weighted by Gasteiger charge is -2.32. The minimum atomic E-state index is -1.37. The standard InChI is InChI=1S/C34H42N4O6/c1-33(2,3)44-32(42)37-27(21-24-13-7-5-8-14-24)30(40)38-34(4,22-25-15-9-6-10-16-25)31(41)36-20-19-26-17-11-12-18-28(26)43-23-29(35)39/h5-18,27H,19-23H2,1-4H3,(H2,35,39)(H,36,41)(H,37,42)(H,38,40)/t27-,34+/m0/s1. The van der Waals surface area contributed by atoms with E-state index in [0.29, 0.717) is 12.2 Å². The summed E-state index contributed by atoms with van der Waals surface area (Å²) in [7, 11) is 0. The molecule has 0 aliphatic rings. The normalized spacial score (nSPS) is 13.1. The van der Waals surface area contributed by atoms with Crippen molar-refractivity contribution in [3.05, 3.63) is 102 Å². The molecule has 10 heteroatoms. The molecule has 2 atom stereocenters. The van der Waals surface area contributed by atoms with Crippen LogP contribution in [-0.4, -0.2) is 54.1 Å². The molecule has 0 saturated carbocycles. The predicted octanol–water partition coefficient (Wildman–Crippen LogP) is 3.46. The first-order valence-electron chi connectivity index (χ1n) is 14.5. The lowest BCUT2D eigenvalue weighted by atomic mass is 9.90. The average molecular weight is 603 g/mol. The Labute approximate surface area is 258 Å². The van der Waals surface area contributed by atoms with Crippen LogP contribution in [0.15, 0.2) is 84.9 Å². The summed E-state index contributed by atoms with van der Waals surface area (Å²) in [5, 5.41) is 8.55. The lowest BCUT2D eigenvalue weighted by Crippen LogP contribution is -2.62. The number of hydrogen-bond acceptors (Lipinski definition) is 6. The van der Waals surface area contributed by atoms with Crippen molar-refractivity contribution in [2.75, 3.05) is 13.2 Å². The Balaban J connectivity index is 1.80. The van der Waals surface area contributed by atoms with Crippen molar-refractivity contribution in [3.63, 3.8) is 0 Å². The fourth-order valence-corrected chi connectivity index (χ4v) is 4.56. The molecule has 3 aromatic rings. The van der Waals surface area contributed by atoms with Crippen LogP contribution in [0.3, 0.4) is 0 Å². The van der Waals surface area contributed by atoms with Crippen molar-refractivity contribution in [1.29, 1.82) is 0 Å². The van der Waals surface area contributed by atoms with Crippen molar-refractivity contribution in [2.24, 2.45) is 5.73 Å². The molecule has 0 aliphatic carbocycles. The lowest BCUT2D eigenvalue weighted by molar-refractivity contribution is -0.133. The monoisotopic (exact) mass is 602 g/mol. The number of ether oxygens (including phenoxy) is 2. The summed E-state index contributed by atoms with van der Waals surface area (Å²) < 4.78 is 10.9. The van der Waals surface area contributed by atoms with E-state index < -0.39 is 41.0 Å². The van der Waals surface area contributed by atoms with Gasteiger partial charge in [-0.15, -0.1) is 0 Å². The third kappa shape index (κ3) is 11.1. The van der Waals surface area contributed by atoms with E-state index in [-0.39, 0.29) is 26.0 Å². The summed E-state index contributed by atoms with van der Waals surface area (Å²) in [5.74, 6) is -1.02. The number of carbonyl (C=O) groups is 4. The zero-order chi connectivity index (χ0) is 32.2. The van der Waals surface area contributed by atoms with E-state index in [1.807, 2.05) is 72.8 Å². The predicted molar refractivity (Wildman–Crippen MR) is 168 cm³/mol. The largest absolute Gasteiger partial charge is 0.484 e. The van der Waals surface area contributed by atoms with Crippen LogP contribution in [0.1, 0.15) is 44.4 Å². The molecule has 0 aromatic heterocycles. The number of primary amides is 1. The van der Waals surface area contributed by atoms with Gasteiger partial charge >= 0.3 is 6.09 Å². The zero-order valence-electron chi connectivity index (χ0n) is 25.7. The van der Waals surface area contributed by atoms with Crippen LogP contribution in [0.2, 0.25) is 0 Å². The molecule has 44 heavy (non-hydrogen) atoms. The summed E-state index contributed by atoms with van der Waals surface area (Å²) in [4.78, 5) is 51.5. The summed E-state index contributed by atoms with van der Waals surface area (Å²) in [6.45, 7) is 6.85. The van der Waals surface area contributed by atoms with Crippen LogP contribution in [0.5, 0.6) is 5.75 Å². The minimum absolute atomic E-state index is 0.192. The molecule has 0 aliphatic heterocycles. The van der Waals surface area contributed by atoms with Gasteiger partial charge in [-0.1, -0.05) is 78.9 Å². The first kappa shape index (κ1) is 33.6. The van der Waals surface area contributed by atoms with Gasteiger partial charge in [-0.25, -0.2) is 4.79 Å². The number of carbonyl (C=O) groups excluding carboxylic acids is 4.